The molecule has 0 atom stereocenters. The number of ether oxygens (including phenoxy) is 2. The van der Waals surface area contributed by atoms with Crippen LogP contribution in [0, 0.1) is 0 Å². The number of esters is 1. The number of carboxylic acids is 1. The molecule has 1 aromatic rings. The van der Waals surface area contributed by atoms with E-state index < -0.39 is 23.8 Å². The van der Waals surface area contributed by atoms with Crippen LogP contribution in [0.25, 0.3) is 0 Å². The van der Waals surface area contributed by atoms with Crippen LogP contribution in [0.4, 0.5) is 0 Å². The molecule has 0 spiro atoms. The monoisotopic (exact) mass is 338 g/mol. The Labute approximate surface area is 137 Å². The highest BCUT2D eigenvalue weighted by molar-refractivity contribution is 5.89. The van der Waals surface area contributed by atoms with E-state index >= 15 is 0 Å². The molecule has 0 aromatic heterocycles. The smallest absolute Gasteiger partial charge is 0.338 e. The third-order valence-electron chi connectivity index (χ3n) is 2.64. The van der Waals surface area contributed by atoms with Crippen molar-refractivity contribution >= 4 is 23.8 Å². The van der Waals surface area contributed by atoms with Crippen LogP contribution in [0.5, 0.6) is 5.75 Å². The van der Waals surface area contributed by atoms with Crippen molar-refractivity contribution in [1.29, 1.82) is 0 Å². The molecule has 0 bridgehead atoms. The molecule has 9 heteroatoms. The minimum Gasteiger partial charge on any atom is -0.484 e. The van der Waals surface area contributed by atoms with Crippen LogP contribution in [-0.4, -0.2) is 42.1 Å². The van der Waals surface area contributed by atoms with Crippen molar-refractivity contribution in [2.45, 2.75) is 19.8 Å². The Bertz CT molecular complexity index is 598. The van der Waals surface area contributed by atoms with Gasteiger partial charge in [-0.1, -0.05) is 0 Å². The topological polar surface area (TPSA) is 131 Å². The van der Waals surface area contributed by atoms with Crippen molar-refractivity contribution in [3.05, 3.63) is 29.8 Å². The fraction of sp³-hybridized carbons (Fsp3) is 0.333. The standard InChI is InChI=1S/C15H18N2O7/c1-2-23-15(22)10-3-5-11(6-4-10)24-9-13(19)17-16-12(18)7-8-14(20)21/h3-6H,2,7-9H2,1H3,(H,16,18)(H,17,19)(H,20,21). The van der Waals surface area contributed by atoms with Gasteiger partial charge >= 0.3 is 11.9 Å². The molecule has 0 aliphatic rings. The summed E-state index contributed by atoms with van der Waals surface area (Å²) in [4.78, 5) is 44.4. The van der Waals surface area contributed by atoms with Crippen molar-refractivity contribution in [3.8, 4) is 5.75 Å². The fourth-order valence-electron chi connectivity index (χ4n) is 1.51. The first-order valence-corrected chi connectivity index (χ1v) is 7.11. The second kappa shape index (κ2) is 9.82. The van der Waals surface area contributed by atoms with Crippen LogP contribution in [0.2, 0.25) is 0 Å². The van der Waals surface area contributed by atoms with Gasteiger partial charge in [-0.25, -0.2) is 4.79 Å². The van der Waals surface area contributed by atoms with Crippen LogP contribution in [0.15, 0.2) is 24.3 Å². The average Bonchev–Trinajstić information content (AvgIpc) is 2.56. The van der Waals surface area contributed by atoms with Gasteiger partial charge in [0.1, 0.15) is 5.75 Å². The number of carboxylic acid groups (broad SMARTS) is 1. The largest absolute Gasteiger partial charge is 0.484 e. The molecule has 9 nitrogen and oxygen atoms in total. The van der Waals surface area contributed by atoms with Crippen molar-refractivity contribution in [2.24, 2.45) is 0 Å². The lowest BCUT2D eigenvalue weighted by molar-refractivity contribution is -0.139. The number of hydrogen-bond donors (Lipinski definition) is 3. The fourth-order valence-corrected chi connectivity index (χ4v) is 1.51. The number of carbonyl (C=O) groups excluding carboxylic acids is 3. The van der Waals surface area contributed by atoms with Gasteiger partial charge in [0.2, 0.25) is 5.91 Å². The number of hydrogen-bond acceptors (Lipinski definition) is 6. The Morgan fingerprint density at radius 2 is 1.62 bits per heavy atom. The van der Waals surface area contributed by atoms with Crippen LogP contribution >= 0.6 is 0 Å². The van der Waals surface area contributed by atoms with Gasteiger partial charge in [0, 0.05) is 6.42 Å². The van der Waals surface area contributed by atoms with E-state index in [1.165, 1.54) is 24.3 Å². The Kier molecular flexibility index (Phi) is 7.76. The number of amides is 2. The minimum absolute atomic E-state index is 0.244. The number of benzene rings is 1. The van der Waals surface area contributed by atoms with Crippen LogP contribution in [0.1, 0.15) is 30.1 Å². The molecule has 0 aliphatic heterocycles. The van der Waals surface area contributed by atoms with E-state index in [0.717, 1.165) is 0 Å². The SMILES string of the molecule is CCOC(=O)c1ccc(OCC(=O)NNC(=O)CCC(=O)O)cc1. The number of aliphatic carboxylic acids is 1. The minimum atomic E-state index is -1.11. The summed E-state index contributed by atoms with van der Waals surface area (Å²) < 4.78 is 10.0. The van der Waals surface area contributed by atoms with Gasteiger partial charge in [-0.3, -0.25) is 25.2 Å². The molecular formula is C15H18N2O7. The zero-order chi connectivity index (χ0) is 17.9. The van der Waals surface area contributed by atoms with E-state index in [9.17, 15) is 19.2 Å². The molecule has 0 radical (unpaired) electrons. The summed E-state index contributed by atoms with van der Waals surface area (Å²) in [6, 6.07) is 6.01. The quantitative estimate of drug-likeness (QED) is 0.457. The summed E-state index contributed by atoms with van der Waals surface area (Å²) in [5, 5.41) is 8.42. The summed E-state index contributed by atoms with van der Waals surface area (Å²) in [6.45, 7) is 1.61. The lowest BCUT2D eigenvalue weighted by atomic mass is 10.2. The third kappa shape index (κ3) is 7.25. The predicted octanol–water partition coefficient (Wildman–Crippen LogP) is 0.254. The first kappa shape index (κ1) is 18.9. The van der Waals surface area contributed by atoms with Gasteiger partial charge in [0.05, 0.1) is 18.6 Å². The van der Waals surface area contributed by atoms with E-state index in [2.05, 4.69) is 10.9 Å². The normalized spacial score (nSPS) is 9.71. The number of carbonyl (C=O) groups is 4. The van der Waals surface area contributed by atoms with Crippen molar-refractivity contribution in [2.75, 3.05) is 13.2 Å². The molecule has 0 unspecified atom stereocenters. The lowest BCUT2D eigenvalue weighted by Crippen LogP contribution is -2.43. The average molecular weight is 338 g/mol. The second-order valence-corrected chi connectivity index (χ2v) is 4.52. The molecule has 0 saturated heterocycles. The predicted molar refractivity (Wildman–Crippen MR) is 81.0 cm³/mol. The van der Waals surface area contributed by atoms with Gasteiger partial charge in [0.15, 0.2) is 6.61 Å². The van der Waals surface area contributed by atoms with Gasteiger partial charge in [0.25, 0.3) is 5.91 Å². The summed E-state index contributed by atoms with van der Waals surface area (Å²) >= 11 is 0. The molecule has 0 heterocycles. The van der Waals surface area contributed by atoms with E-state index in [0.29, 0.717) is 11.3 Å². The lowest BCUT2D eigenvalue weighted by Gasteiger charge is -2.09. The highest BCUT2D eigenvalue weighted by Gasteiger charge is 2.09. The van der Waals surface area contributed by atoms with Crippen LogP contribution < -0.4 is 15.6 Å². The second-order valence-electron chi connectivity index (χ2n) is 4.52. The number of nitrogens with one attached hydrogen (secondary N) is 2. The molecule has 130 valence electrons. The maximum atomic E-state index is 11.5. The zero-order valence-corrected chi connectivity index (χ0v) is 13.0. The van der Waals surface area contributed by atoms with Gasteiger partial charge in [-0.05, 0) is 31.2 Å². The van der Waals surface area contributed by atoms with Gasteiger partial charge in [-0.15, -0.1) is 0 Å². The maximum Gasteiger partial charge on any atom is 0.338 e. The van der Waals surface area contributed by atoms with Crippen molar-refractivity contribution < 1.29 is 33.8 Å². The van der Waals surface area contributed by atoms with Crippen molar-refractivity contribution in [3.63, 3.8) is 0 Å². The Morgan fingerprint density at radius 3 is 2.21 bits per heavy atom. The summed E-state index contributed by atoms with van der Waals surface area (Å²) in [6.07, 6.45) is -0.573. The zero-order valence-electron chi connectivity index (χ0n) is 13.0. The summed E-state index contributed by atoms with van der Waals surface area (Å²) in [5.41, 5.74) is 4.52. The highest BCUT2D eigenvalue weighted by atomic mass is 16.5. The first-order valence-electron chi connectivity index (χ1n) is 7.11. The van der Waals surface area contributed by atoms with E-state index in [1.54, 1.807) is 6.92 Å². The van der Waals surface area contributed by atoms with Crippen LogP contribution in [-0.2, 0) is 19.1 Å². The van der Waals surface area contributed by atoms with E-state index in [1.807, 2.05) is 0 Å². The number of rotatable bonds is 8. The van der Waals surface area contributed by atoms with Gasteiger partial charge < -0.3 is 14.6 Å². The molecule has 0 aliphatic carbocycles. The Morgan fingerprint density at radius 1 is 1.00 bits per heavy atom. The molecular weight excluding hydrogens is 320 g/mol. The van der Waals surface area contributed by atoms with E-state index in [-0.39, 0.29) is 26.1 Å². The van der Waals surface area contributed by atoms with Crippen LogP contribution in [0.3, 0.4) is 0 Å². The molecule has 24 heavy (non-hydrogen) atoms. The third-order valence-corrected chi connectivity index (χ3v) is 2.64. The highest BCUT2D eigenvalue weighted by Crippen LogP contribution is 2.12. The van der Waals surface area contributed by atoms with Gasteiger partial charge in [-0.2, -0.15) is 0 Å². The van der Waals surface area contributed by atoms with E-state index in [4.69, 9.17) is 14.6 Å². The summed E-state index contributed by atoms with van der Waals surface area (Å²) in [5.74, 6) is -2.44. The molecule has 0 fully saturated rings. The molecule has 1 rings (SSSR count). The molecule has 1 aromatic carbocycles. The first-order chi connectivity index (χ1) is 11.4. The molecule has 3 N–H and O–H groups in total. The Hall–Kier alpha value is -3.10. The maximum absolute atomic E-state index is 11.5. The molecule has 0 saturated carbocycles. The Balaban J connectivity index is 2.32. The molecule has 2 amide bonds. The summed E-state index contributed by atoms with van der Waals surface area (Å²) in [7, 11) is 0. The number of hydrazine groups is 1. The van der Waals surface area contributed by atoms with Crippen molar-refractivity contribution in [1.82, 2.24) is 10.9 Å².